The molecule has 0 aliphatic carbocycles. The molecule has 2 atom stereocenters. The second kappa shape index (κ2) is 18.1. The summed E-state index contributed by atoms with van der Waals surface area (Å²) in [6.07, 6.45) is 5.17. The SMILES string of the molecule is N#Cc1c(NS(=O)(=O)N2CCC(F)C2)ccc(F)c1Oc1ccc2ncn(-c3ccc(N4CCN(CC5CCN(c6cccc7c6ccn7C6CCC(=O)NC6=O)CC5)CC4)cc3)c(=O)c2c1. The Morgan fingerprint density at radius 2 is 1.63 bits per heavy atom. The second-order valence-corrected chi connectivity index (χ2v) is 19.3. The van der Waals surface area contributed by atoms with Crippen LogP contribution in [0.15, 0.2) is 96.2 Å². The van der Waals surface area contributed by atoms with Crippen LogP contribution in [-0.2, 0) is 19.8 Å². The number of carbonyl (C=O) groups is 2. The summed E-state index contributed by atoms with van der Waals surface area (Å²) in [6.45, 7) is 6.21. The van der Waals surface area contributed by atoms with E-state index < -0.39 is 39.1 Å². The molecule has 4 saturated heterocycles. The van der Waals surface area contributed by atoms with E-state index in [-0.39, 0.29) is 54.2 Å². The maximum atomic E-state index is 15.2. The number of carbonyl (C=O) groups excluding carboxylic acids is 2. The number of amides is 2. The van der Waals surface area contributed by atoms with Crippen LogP contribution in [0.3, 0.4) is 0 Å². The molecule has 0 spiro atoms. The number of aromatic nitrogens is 3. The summed E-state index contributed by atoms with van der Waals surface area (Å²) in [4.78, 5) is 50.1. The molecule has 4 aliphatic heterocycles. The number of nitrogens with zero attached hydrogens (tertiary/aromatic N) is 8. The van der Waals surface area contributed by atoms with Gasteiger partial charge in [0.15, 0.2) is 11.6 Å². The van der Waals surface area contributed by atoms with Crippen molar-refractivity contribution in [1.82, 2.24) is 28.6 Å². The topological polar surface area (TPSA) is 178 Å². The van der Waals surface area contributed by atoms with E-state index in [9.17, 15) is 32.5 Å². The van der Waals surface area contributed by atoms with E-state index in [1.807, 2.05) is 47.2 Å². The van der Waals surface area contributed by atoms with Gasteiger partial charge in [-0.2, -0.15) is 18.0 Å². The summed E-state index contributed by atoms with van der Waals surface area (Å²) in [5.41, 5.74) is 3.13. The van der Waals surface area contributed by atoms with Crippen LogP contribution in [0, 0.1) is 23.1 Å². The van der Waals surface area contributed by atoms with E-state index in [0.29, 0.717) is 30.0 Å². The van der Waals surface area contributed by atoms with Crippen LogP contribution in [-0.4, -0.2) is 109 Å². The highest BCUT2D eigenvalue weighted by molar-refractivity contribution is 7.90. The lowest BCUT2D eigenvalue weighted by Gasteiger charge is -2.40. The number of piperazine rings is 1. The predicted molar refractivity (Wildman–Crippen MR) is 249 cm³/mol. The number of piperidine rings is 2. The summed E-state index contributed by atoms with van der Waals surface area (Å²) >= 11 is 0. The highest BCUT2D eigenvalue weighted by atomic mass is 32.2. The van der Waals surface area contributed by atoms with Crippen LogP contribution < -0.4 is 30.1 Å². The zero-order valence-corrected chi connectivity index (χ0v) is 37.3. The van der Waals surface area contributed by atoms with E-state index in [0.717, 1.165) is 91.7 Å². The van der Waals surface area contributed by atoms with Gasteiger partial charge in [0.2, 0.25) is 11.8 Å². The largest absolute Gasteiger partial charge is 0.453 e. The van der Waals surface area contributed by atoms with Gasteiger partial charge >= 0.3 is 10.2 Å². The van der Waals surface area contributed by atoms with Crippen LogP contribution in [0.2, 0.25) is 0 Å². The van der Waals surface area contributed by atoms with Crippen molar-refractivity contribution in [1.29, 1.82) is 5.26 Å². The molecule has 6 heterocycles. The fourth-order valence-electron chi connectivity index (χ4n) is 9.83. The van der Waals surface area contributed by atoms with Crippen LogP contribution in [0.4, 0.5) is 25.8 Å². The number of benzene rings is 4. The first-order valence-electron chi connectivity index (χ1n) is 22.5. The first-order chi connectivity index (χ1) is 32.4. The Bertz CT molecular complexity index is 3100. The lowest BCUT2D eigenvalue weighted by molar-refractivity contribution is -0.135. The van der Waals surface area contributed by atoms with Crippen molar-refractivity contribution in [3.63, 3.8) is 0 Å². The van der Waals surface area contributed by atoms with Gasteiger partial charge in [-0.15, -0.1) is 0 Å². The number of fused-ring (bicyclic) bond motifs is 2. The van der Waals surface area contributed by atoms with Crippen molar-refractivity contribution in [2.24, 2.45) is 5.92 Å². The first-order valence-corrected chi connectivity index (χ1v) is 24.0. The first kappa shape index (κ1) is 44.0. The van der Waals surface area contributed by atoms with Gasteiger partial charge in [0.1, 0.15) is 35.9 Å². The minimum atomic E-state index is -4.24. The summed E-state index contributed by atoms with van der Waals surface area (Å²) in [7, 11) is -4.24. The molecule has 0 radical (unpaired) electrons. The zero-order valence-electron chi connectivity index (χ0n) is 36.5. The number of hydrogen-bond acceptors (Lipinski definition) is 11. The molecular weight excluding hydrogens is 883 g/mol. The highest BCUT2D eigenvalue weighted by Gasteiger charge is 2.33. The molecule has 0 bridgehead atoms. The number of imide groups is 1. The smallest absolute Gasteiger partial charge is 0.301 e. The number of ether oxygens (including phenoxy) is 1. The fourth-order valence-corrected chi connectivity index (χ4v) is 11.1. The third kappa shape index (κ3) is 8.79. The van der Waals surface area contributed by atoms with Crippen molar-refractivity contribution < 1.29 is 31.5 Å². The standard InChI is InChI=1S/C48H48F2N10O6S/c49-32-16-20-58(29-32)67(64,65)54-41-11-9-39(50)46(38(41)27-51)66-35-8-10-40-37(26-35)48(63)60(30-52-40)34-6-4-33(5-7-34)56-24-22-55(23-25-56)28-31-14-18-57(19-15-31)42-2-1-3-43-36(42)17-21-59(43)44-12-13-45(61)53-47(44)62/h1-11,17,21,26,30-32,44,54H,12-16,18-20,22-25,28-29H2,(H,53,61,62). The summed E-state index contributed by atoms with van der Waals surface area (Å²) in [5, 5.41) is 13.7. The van der Waals surface area contributed by atoms with Gasteiger partial charge in [0, 0.05) is 88.3 Å². The zero-order chi connectivity index (χ0) is 46.4. The maximum absolute atomic E-state index is 15.2. The van der Waals surface area contributed by atoms with E-state index in [2.05, 4.69) is 47.9 Å². The quantitative estimate of drug-likeness (QED) is 0.149. The normalized spacial score (nSPS) is 20.1. The van der Waals surface area contributed by atoms with Crippen molar-refractivity contribution >= 4 is 60.9 Å². The Labute approximate surface area is 385 Å². The van der Waals surface area contributed by atoms with Crippen molar-refractivity contribution in [2.45, 2.75) is 44.3 Å². The fraction of sp³-hybridized carbons (Fsp3) is 0.354. The number of halogens is 2. The highest BCUT2D eigenvalue weighted by Crippen LogP contribution is 2.36. The maximum Gasteiger partial charge on any atom is 0.301 e. The van der Waals surface area contributed by atoms with Gasteiger partial charge in [0.05, 0.1) is 27.8 Å². The lowest BCUT2D eigenvalue weighted by Crippen LogP contribution is -2.49. The molecular formula is C48H48F2N10O6S. The van der Waals surface area contributed by atoms with Gasteiger partial charge < -0.3 is 19.1 Å². The molecule has 346 valence electrons. The average molecular weight is 931 g/mol. The van der Waals surface area contributed by atoms with Gasteiger partial charge in [-0.05, 0) is 104 Å². The number of nitrogens with one attached hydrogen (secondary N) is 2. The minimum Gasteiger partial charge on any atom is -0.453 e. The molecule has 67 heavy (non-hydrogen) atoms. The molecule has 2 unspecified atom stereocenters. The van der Waals surface area contributed by atoms with Gasteiger partial charge in [-0.25, -0.2) is 13.8 Å². The number of anilines is 3. The number of rotatable bonds is 11. The van der Waals surface area contributed by atoms with E-state index in [1.165, 1.54) is 34.8 Å². The van der Waals surface area contributed by atoms with Crippen molar-refractivity contribution in [3.05, 3.63) is 113 Å². The Kier molecular flexibility index (Phi) is 11.9. The molecule has 2 aromatic heterocycles. The van der Waals surface area contributed by atoms with Crippen LogP contribution in [0.25, 0.3) is 27.5 Å². The molecule has 10 rings (SSSR count). The van der Waals surface area contributed by atoms with Crippen molar-refractivity contribution in [3.8, 4) is 23.3 Å². The molecule has 4 fully saturated rings. The minimum absolute atomic E-state index is 0.0219. The van der Waals surface area contributed by atoms with Crippen LogP contribution in [0.1, 0.15) is 43.7 Å². The molecule has 19 heteroatoms. The predicted octanol–water partition coefficient (Wildman–Crippen LogP) is 5.86. The molecule has 0 saturated carbocycles. The second-order valence-electron chi connectivity index (χ2n) is 17.6. The number of hydrogen-bond donors (Lipinski definition) is 2. The van der Waals surface area contributed by atoms with Gasteiger partial charge in [-0.3, -0.25) is 33.9 Å². The third-order valence-corrected chi connectivity index (χ3v) is 15.0. The van der Waals surface area contributed by atoms with E-state index >= 15 is 4.39 Å². The molecule has 2 amide bonds. The molecule has 16 nitrogen and oxygen atoms in total. The lowest BCUT2D eigenvalue weighted by atomic mass is 9.95. The summed E-state index contributed by atoms with van der Waals surface area (Å²) < 4.78 is 67.2. The van der Waals surface area contributed by atoms with Crippen molar-refractivity contribution in [2.75, 3.05) is 73.4 Å². The summed E-state index contributed by atoms with van der Waals surface area (Å²) in [6, 6.07) is 23.9. The Morgan fingerprint density at radius 1 is 0.851 bits per heavy atom. The van der Waals surface area contributed by atoms with E-state index in [1.54, 1.807) is 0 Å². The number of alkyl halides is 1. The molecule has 4 aliphatic rings. The summed E-state index contributed by atoms with van der Waals surface area (Å²) in [5.74, 6) is -1.32. The van der Waals surface area contributed by atoms with Crippen LogP contribution in [0.5, 0.6) is 11.5 Å². The Hall–Kier alpha value is -6.88. The van der Waals surface area contributed by atoms with Gasteiger partial charge in [0.25, 0.3) is 5.56 Å². The number of nitriles is 1. The Balaban J connectivity index is 0.751. The monoisotopic (exact) mass is 930 g/mol. The molecule has 2 N–H and O–H groups in total. The third-order valence-electron chi connectivity index (χ3n) is 13.5. The van der Waals surface area contributed by atoms with Crippen LogP contribution >= 0.6 is 0 Å². The Morgan fingerprint density at radius 3 is 2.36 bits per heavy atom. The molecule has 4 aromatic carbocycles. The molecule has 6 aromatic rings. The van der Waals surface area contributed by atoms with E-state index in [4.69, 9.17) is 4.74 Å². The average Bonchev–Trinajstić information content (AvgIpc) is 3.98. The van der Waals surface area contributed by atoms with Gasteiger partial charge in [-0.1, -0.05) is 6.07 Å².